The van der Waals surface area contributed by atoms with Gasteiger partial charge in [-0.3, -0.25) is 13.9 Å². The molecule has 1 aliphatic heterocycles. The van der Waals surface area contributed by atoms with Gasteiger partial charge in [0.2, 0.25) is 0 Å². The first kappa shape index (κ1) is 19.0. The zero-order valence-corrected chi connectivity index (χ0v) is 16.9. The van der Waals surface area contributed by atoms with Gasteiger partial charge in [0.25, 0.3) is 0 Å². The van der Waals surface area contributed by atoms with Gasteiger partial charge in [-0.25, -0.2) is 8.78 Å². The lowest BCUT2D eigenvalue weighted by Gasteiger charge is -2.30. The molecule has 0 spiro atoms. The van der Waals surface area contributed by atoms with Gasteiger partial charge in [-0.2, -0.15) is 0 Å². The Kier molecular flexibility index (Phi) is 5.10. The van der Waals surface area contributed by atoms with Crippen LogP contribution in [-0.4, -0.2) is 40.1 Å². The van der Waals surface area contributed by atoms with Crippen LogP contribution in [0.2, 0.25) is 0 Å². The van der Waals surface area contributed by atoms with E-state index in [-0.39, 0.29) is 5.69 Å². The summed E-state index contributed by atoms with van der Waals surface area (Å²) in [6.07, 6.45) is 7.15. The zero-order chi connectivity index (χ0) is 20.5. The summed E-state index contributed by atoms with van der Waals surface area (Å²) in [6.45, 7) is 2.61. The SMILES string of the molecule is Fc1cc(Sn2ccc3c(-c4ccccn4)cncc32)cc(F)c1N1CCNCC1. The number of hydrogen-bond acceptors (Lipinski definition) is 5. The number of nitrogens with zero attached hydrogens (tertiary/aromatic N) is 4. The molecule has 0 atom stereocenters. The van der Waals surface area contributed by atoms with Crippen molar-refractivity contribution in [3.8, 4) is 11.3 Å². The van der Waals surface area contributed by atoms with Crippen LogP contribution in [0, 0.1) is 11.6 Å². The number of halogens is 2. The van der Waals surface area contributed by atoms with Crippen LogP contribution >= 0.6 is 11.9 Å². The second-order valence-electron chi connectivity index (χ2n) is 7.04. The van der Waals surface area contributed by atoms with E-state index < -0.39 is 11.6 Å². The fourth-order valence-corrected chi connectivity index (χ4v) is 4.64. The van der Waals surface area contributed by atoms with Gasteiger partial charge in [0.1, 0.15) is 5.69 Å². The van der Waals surface area contributed by atoms with Gasteiger partial charge in [-0.15, -0.1) is 0 Å². The Labute approximate surface area is 176 Å². The first-order valence-corrected chi connectivity index (χ1v) is 10.5. The van der Waals surface area contributed by atoms with E-state index in [0.29, 0.717) is 18.0 Å². The fourth-order valence-electron chi connectivity index (χ4n) is 3.74. The largest absolute Gasteiger partial charge is 0.364 e. The molecule has 152 valence electrons. The van der Waals surface area contributed by atoms with Gasteiger partial charge in [0, 0.05) is 60.6 Å². The van der Waals surface area contributed by atoms with Gasteiger partial charge in [0.05, 0.1) is 17.4 Å². The van der Waals surface area contributed by atoms with Gasteiger partial charge in [-0.1, -0.05) is 6.07 Å². The lowest BCUT2D eigenvalue weighted by Crippen LogP contribution is -2.44. The van der Waals surface area contributed by atoms with Crippen LogP contribution < -0.4 is 10.2 Å². The summed E-state index contributed by atoms with van der Waals surface area (Å²) in [6, 6.07) is 10.5. The van der Waals surface area contributed by atoms with Crippen molar-refractivity contribution in [2.75, 3.05) is 31.1 Å². The molecule has 0 aliphatic carbocycles. The van der Waals surface area contributed by atoms with Crippen molar-refractivity contribution in [3.63, 3.8) is 0 Å². The summed E-state index contributed by atoms with van der Waals surface area (Å²) in [5.74, 6) is -1.08. The highest BCUT2D eigenvalue weighted by Gasteiger charge is 2.20. The minimum Gasteiger partial charge on any atom is -0.364 e. The van der Waals surface area contributed by atoms with Gasteiger partial charge >= 0.3 is 0 Å². The lowest BCUT2D eigenvalue weighted by molar-refractivity contribution is 0.535. The molecule has 3 aromatic heterocycles. The molecule has 1 aliphatic rings. The maximum absolute atomic E-state index is 14.8. The predicted molar refractivity (Wildman–Crippen MR) is 116 cm³/mol. The van der Waals surface area contributed by atoms with Crippen molar-refractivity contribution in [1.29, 1.82) is 0 Å². The fraction of sp³-hybridized carbons (Fsp3) is 0.182. The van der Waals surface area contributed by atoms with Crippen LogP contribution in [0.3, 0.4) is 0 Å². The minimum atomic E-state index is -0.539. The van der Waals surface area contributed by atoms with Crippen LogP contribution in [0.25, 0.3) is 22.2 Å². The normalized spacial score (nSPS) is 14.4. The monoisotopic (exact) mass is 423 g/mol. The van der Waals surface area contributed by atoms with Crippen molar-refractivity contribution in [1.82, 2.24) is 19.3 Å². The second kappa shape index (κ2) is 8.04. The first-order chi connectivity index (χ1) is 14.7. The molecule has 1 N–H and O–H groups in total. The Morgan fingerprint density at radius 2 is 1.80 bits per heavy atom. The highest BCUT2D eigenvalue weighted by atomic mass is 32.2. The Morgan fingerprint density at radius 1 is 1.00 bits per heavy atom. The minimum absolute atomic E-state index is 0.0531. The van der Waals surface area contributed by atoms with E-state index in [2.05, 4.69) is 15.3 Å². The number of benzene rings is 1. The van der Waals surface area contributed by atoms with Crippen molar-refractivity contribution in [3.05, 3.63) is 72.8 Å². The van der Waals surface area contributed by atoms with Crippen LogP contribution in [0.5, 0.6) is 0 Å². The summed E-state index contributed by atoms with van der Waals surface area (Å²) >= 11 is 1.26. The Balaban J connectivity index is 1.48. The summed E-state index contributed by atoms with van der Waals surface area (Å²) in [7, 11) is 0. The standard InChI is InChI=1S/C22H19F2N5S/c23-18-11-15(12-19(24)22(18)28-9-6-25-7-10-28)30-29-8-4-16-17(13-26-14-21(16)29)20-3-1-2-5-27-20/h1-5,8,11-14,25H,6-7,9-10H2. The third kappa shape index (κ3) is 3.53. The molecule has 0 radical (unpaired) electrons. The van der Waals surface area contributed by atoms with Crippen LogP contribution in [0.15, 0.2) is 66.1 Å². The molecule has 4 heterocycles. The second-order valence-corrected chi connectivity index (χ2v) is 8.09. The van der Waals surface area contributed by atoms with Gasteiger partial charge < -0.3 is 10.2 Å². The molecule has 1 aromatic carbocycles. The predicted octanol–water partition coefficient (Wildman–Crippen LogP) is 4.34. The van der Waals surface area contributed by atoms with E-state index in [1.165, 1.54) is 24.1 Å². The molecule has 0 unspecified atom stereocenters. The van der Waals surface area contributed by atoms with E-state index in [4.69, 9.17) is 0 Å². The topological polar surface area (TPSA) is 46.0 Å². The molecule has 0 bridgehead atoms. The number of aromatic nitrogens is 3. The summed E-state index contributed by atoms with van der Waals surface area (Å²) < 4.78 is 31.4. The summed E-state index contributed by atoms with van der Waals surface area (Å²) in [5.41, 5.74) is 2.65. The number of nitrogens with one attached hydrogen (secondary N) is 1. The number of hydrogen-bond donors (Lipinski definition) is 1. The number of rotatable bonds is 4. The van der Waals surface area contributed by atoms with Crippen LogP contribution in [0.1, 0.15) is 0 Å². The van der Waals surface area contributed by atoms with E-state index in [9.17, 15) is 8.78 Å². The van der Waals surface area contributed by atoms with Crippen molar-refractivity contribution < 1.29 is 8.78 Å². The molecule has 1 fully saturated rings. The van der Waals surface area contributed by atoms with E-state index in [0.717, 1.165) is 35.2 Å². The van der Waals surface area contributed by atoms with Gasteiger partial charge in [0.15, 0.2) is 11.6 Å². The maximum atomic E-state index is 14.8. The highest BCUT2D eigenvalue weighted by Crippen LogP contribution is 2.34. The molecule has 5 nitrogen and oxygen atoms in total. The average molecular weight is 423 g/mol. The lowest BCUT2D eigenvalue weighted by atomic mass is 10.1. The first-order valence-electron chi connectivity index (χ1n) is 9.70. The molecule has 0 amide bonds. The molecule has 5 rings (SSSR count). The molecular formula is C22H19F2N5S. The number of anilines is 1. The smallest absolute Gasteiger partial charge is 0.150 e. The zero-order valence-electron chi connectivity index (χ0n) is 16.1. The molecule has 8 heteroatoms. The quantitative estimate of drug-likeness (QED) is 0.529. The van der Waals surface area contributed by atoms with Crippen LogP contribution in [-0.2, 0) is 0 Å². The summed E-state index contributed by atoms with van der Waals surface area (Å²) in [5, 5.41) is 4.17. The number of fused-ring (bicyclic) bond motifs is 1. The molecule has 4 aromatic rings. The molecular weight excluding hydrogens is 404 g/mol. The van der Waals surface area contributed by atoms with Crippen molar-refractivity contribution in [2.45, 2.75) is 4.90 Å². The molecule has 1 saturated heterocycles. The number of piperazine rings is 1. The Morgan fingerprint density at radius 3 is 2.53 bits per heavy atom. The Hall–Kier alpha value is -2.97. The molecule has 0 saturated carbocycles. The van der Waals surface area contributed by atoms with E-state index >= 15 is 0 Å². The maximum Gasteiger partial charge on any atom is 0.150 e. The third-order valence-corrected chi connectivity index (χ3v) is 6.11. The molecule has 30 heavy (non-hydrogen) atoms. The van der Waals surface area contributed by atoms with E-state index in [1.807, 2.05) is 34.4 Å². The summed E-state index contributed by atoms with van der Waals surface area (Å²) in [4.78, 5) is 11.0. The Bertz CT molecular complexity index is 1170. The highest BCUT2D eigenvalue weighted by molar-refractivity contribution is 7.98. The van der Waals surface area contributed by atoms with Crippen molar-refractivity contribution >= 4 is 28.5 Å². The van der Waals surface area contributed by atoms with Crippen LogP contribution in [0.4, 0.5) is 14.5 Å². The van der Waals surface area contributed by atoms with Crippen molar-refractivity contribution in [2.24, 2.45) is 0 Å². The van der Waals surface area contributed by atoms with Gasteiger partial charge in [-0.05, 0) is 42.3 Å². The number of pyridine rings is 2. The average Bonchev–Trinajstić information content (AvgIpc) is 3.17. The van der Waals surface area contributed by atoms with E-state index in [1.54, 1.807) is 23.5 Å². The third-order valence-electron chi connectivity index (χ3n) is 5.15.